The average Bonchev–Trinajstić information content (AvgIpc) is 3.26. The molecule has 0 aliphatic heterocycles. The van der Waals surface area contributed by atoms with Crippen LogP contribution in [0.1, 0.15) is 29.8 Å². The van der Waals surface area contributed by atoms with Gasteiger partial charge in [-0.2, -0.15) is 0 Å². The zero-order valence-corrected chi connectivity index (χ0v) is 19.8. The fourth-order valence-corrected chi connectivity index (χ4v) is 3.83. The van der Waals surface area contributed by atoms with Gasteiger partial charge in [0.2, 0.25) is 0 Å². The van der Waals surface area contributed by atoms with Gasteiger partial charge in [0.05, 0.1) is 12.9 Å². The van der Waals surface area contributed by atoms with Crippen molar-refractivity contribution >= 4 is 23.0 Å². The van der Waals surface area contributed by atoms with Crippen LogP contribution >= 0.6 is 0 Å². The summed E-state index contributed by atoms with van der Waals surface area (Å²) in [6.45, 7) is 3.97. The van der Waals surface area contributed by atoms with Crippen molar-refractivity contribution in [1.29, 1.82) is 0 Å². The third-order valence-corrected chi connectivity index (χ3v) is 5.43. The van der Waals surface area contributed by atoms with E-state index >= 15 is 0 Å². The molecule has 0 bridgehead atoms. The number of fused-ring (bicyclic) bond motifs is 1. The lowest BCUT2D eigenvalue weighted by atomic mass is 10.2. The molecule has 0 atom stereocenters. The topological polar surface area (TPSA) is 120 Å². The van der Waals surface area contributed by atoms with Gasteiger partial charge in [0.25, 0.3) is 17.4 Å². The van der Waals surface area contributed by atoms with E-state index in [4.69, 9.17) is 0 Å². The van der Waals surface area contributed by atoms with Crippen LogP contribution in [0.3, 0.4) is 0 Å². The number of hydrogen-bond donors (Lipinski definition) is 2. The van der Waals surface area contributed by atoms with Gasteiger partial charge in [-0.1, -0.05) is 50.2 Å². The first kappa shape index (κ1) is 24.6. The molecular formula is C25H25FN6O4. The maximum atomic E-state index is 13.4. The van der Waals surface area contributed by atoms with Crippen molar-refractivity contribution in [3.63, 3.8) is 0 Å². The van der Waals surface area contributed by atoms with E-state index in [0.29, 0.717) is 6.54 Å². The zero-order chi connectivity index (χ0) is 25.8. The second-order valence-electron chi connectivity index (χ2n) is 8.72. The standard InChI is InChI=1S/C25H25FN6O4/c1-16(2)12-30-15-27-22-21(30)24(35)32(25(36)31(22)13-17-7-4-3-5-8-17)14-20(33)28-29-23(34)18-9-6-10-19(26)11-18/h3-11,15-16H,12-14H2,1-2H3,(H,28,33)(H,29,34). The second kappa shape index (κ2) is 10.4. The number of benzene rings is 2. The number of halogens is 1. The molecule has 0 fully saturated rings. The lowest BCUT2D eigenvalue weighted by Crippen LogP contribution is -2.48. The Hall–Kier alpha value is -4.54. The summed E-state index contributed by atoms with van der Waals surface area (Å²) in [5.41, 5.74) is 4.20. The van der Waals surface area contributed by atoms with Crippen LogP contribution in [0.4, 0.5) is 4.39 Å². The Bertz CT molecular complexity index is 1540. The molecule has 4 aromatic rings. The lowest BCUT2D eigenvalue weighted by molar-refractivity contribution is -0.122. The third-order valence-electron chi connectivity index (χ3n) is 5.43. The van der Waals surface area contributed by atoms with E-state index in [0.717, 1.165) is 16.2 Å². The van der Waals surface area contributed by atoms with Gasteiger partial charge in [0, 0.05) is 12.1 Å². The van der Waals surface area contributed by atoms with Crippen molar-refractivity contribution in [2.75, 3.05) is 0 Å². The van der Waals surface area contributed by atoms with Gasteiger partial charge in [-0.05, 0) is 29.7 Å². The van der Waals surface area contributed by atoms with Crippen LogP contribution in [0.2, 0.25) is 0 Å². The fraction of sp³-hybridized carbons (Fsp3) is 0.240. The van der Waals surface area contributed by atoms with Crippen molar-refractivity contribution in [3.8, 4) is 0 Å². The summed E-state index contributed by atoms with van der Waals surface area (Å²) in [6.07, 6.45) is 1.51. The van der Waals surface area contributed by atoms with E-state index in [1.165, 1.54) is 29.1 Å². The molecular weight excluding hydrogens is 467 g/mol. The van der Waals surface area contributed by atoms with Gasteiger partial charge in [-0.3, -0.25) is 29.8 Å². The highest BCUT2D eigenvalue weighted by Crippen LogP contribution is 2.12. The molecule has 2 amide bonds. The minimum atomic E-state index is -0.806. The van der Waals surface area contributed by atoms with E-state index < -0.39 is 35.4 Å². The largest absolute Gasteiger partial charge is 0.333 e. The van der Waals surface area contributed by atoms with Gasteiger partial charge < -0.3 is 4.57 Å². The molecule has 186 valence electrons. The number of hydrogen-bond acceptors (Lipinski definition) is 5. The summed E-state index contributed by atoms with van der Waals surface area (Å²) >= 11 is 0. The molecule has 0 radical (unpaired) electrons. The normalized spacial score (nSPS) is 11.1. The average molecular weight is 493 g/mol. The van der Waals surface area contributed by atoms with Crippen LogP contribution < -0.4 is 22.1 Å². The molecule has 0 spiro atoms. The van der Waals surface area contributed by atoms with E-state index in [2.05, 4.69) is 15.8 Å². The van der Waals surface area contributed by atoms with Crippen molar-refractivity contribution < 1.29 is 14.0 Å². The molecule has 2 N–H and O–H groups in total. The zero-order valence-electron chi connectivity index (χ0n) is 19.8. The highest BCUT2D eigenvalue weighted by atomic mass is 19.1. The van der Waals surface area contributed by atoms with E-state index in [-0.39, 0.29) is 29.2 Å². The summed E-state index contributed by atoms with van der Waals surface area (Å²) in [7, 11) is 0. The van der Waals surface area contributed by atoms with E-state index in [9.17, 15) is 23.6 Å². The quantitative estimate of drug-likeness (QED) is 0.380. The molecule has 10 nitrogen and oxygen atoms in total. The first-order chi connectivity index (χ1) is 17.2. The van der Waals surface area contributed by atoms with Gasteiger partial charge in [0.15, 0.2) is 11.2 Å². The summed E-state index contributed by atoms with van der Waals surface area (Å²) in [4.78, 5) is 55.8. The lowest BCUT2D eigenvalue weighted by Gasteiger charge is -2.14. The predicted molar refractivity (Wildman–Crippen MR) is 131 cm³/mol. The minimum Gasteiger partial charge on any atom is -0.324 e. The van der Waals surface area contributed by atoms with Crippen LogP contribution in [0.25, 0.3) is 11.2 Å². The SMILES string of the molecule is CC(C)Cn1cnc2c1c(=O)n(CC(=O)NNC(=O)c1cccc(F)c1)c(=O)n2Cc1ccccc1. The molecule has 0 aliphatic carbocycles. The number of carbonyl (C=O) groups is 2. The molecule has 2 aromatic heterocycles. The molecule has 4 rings (SSSR count). The molecule has 0 saturated heterocycles. The Morgan fingerprint density at radius 3 is 2.44 bits per heavy atom. The van der Waals surface area contributed by atoms with Crippen molar-refractivity contribution in [2.45, 2.75) is 33.5 Å². The minimum absolute atomic E-state index is 0.00306. The van der Waals surface area contributed by atoms with E-state index in [1.54, 1.807) is 4.57 Å². The Balaban J connectivity index is 1.66. The molecule has 0 unspecified atom stereocenters. The number of nitrogens with zero attached hydrogens (tertiary/aromatic N) is 4. The monoisotopic (exact) mass is 492 g/mol. The van der Waals surface area contributed by atoms with Crippen LogP contribution in [0, 0.1) is 11.7 Å². The highest BCUT2D eigenvalue weighted by Gasteiger charge is 2.20. The number of amides is 2. The van der Waals surface area contributed by atoms with Gasteiger partial charge >= 0.3 is 5.69 Å². The van der Waals surface area contributed by atoms with Crippen LogP contribution in [-0.2, 0) is 24.4 Å². The Morgan fingerprint density at radius 1 is 1.00 bits per heavy atom. The number of aromatic nitrogens is 4. The first-order valence-corrected chi connectivity index (χ1v) is 11.3. The Kier molecular flexibility index (Phi) is 7.09. The van der Waals surface area contributed by atoms with Crippen LogP contribution in [0.15, 0.2) is 70.5 Å². The molecule has 2 aromatic carbocycles. The number of rotatable bonds is 7. The summed E-state index contributed by atoms with van der Waals surface area (Å²) < 4.78 is 17.2. The first-order valence-electron chi connectivity index (χ1n) is 11.3. The predicted octanol–water partition coefficient (Wildman–Crippen LogP) is 1.66. The maximum absolute atomic E-state index is 13.4. The maximum Gasteiger partial charge on any atom is 0.333 e. The van der Waals surface area contributed by atoms with Crippen molar-refractivity contribution in [1.82, 2.24) is 29.5 Å². The summed E-state index contributed by atoms with van der Waals surface area (Å²) in [5, 5.41) is 0. The Labute approximate surface area is 205 Å². The van der Waals surface area contributed by atoms with Crippen LogP contribution in [0.5, 0.6) is 0 Å². The Morgan fingerprint density at radius 2 is 1.75 bits per heavy atom. The summed E-state index contributed by atoms with van der Waals surface area (Å²) in [6, 6.07) is 14.1. The summed E-state index contributed by atoms with van der Waals surface area (Å²) in [5.74, 6) is -1.96. The number of imidazole rings is 1. The smallest absolute Gasteiger partial charge is 0.324 e. The second-order valence-corrected chi connectivity index (χ2v) is 8.72. The van der Waals surface area contributed by atoms with E-state index in [1.807, 2.05) is 44.2 Å². The van der Waals surface area contributed by atoms with Gasteiger partial charge in [-0.25, -0.2) is 18.7 Å². The molecule has 11 heteroatoms. The van der Waals surface area contributed by atoms with Gasteiger partial charge in [-0.15, -0.1) is 0 Å². The van der Waals surface area contributed by atoms with Crippen LogP contribution in [-0.4, -0.2) is 30.5 Å². The van der Waals surface area contributed by atoms with Crippen molar-refractivity contribution in [2.24, 2.45) is 5.92 Å². The highest BCUT2D eigenvalue weighted by molar-refractivity contribution is 5.95. The van der Waals surface area contributed by atoms with Crippen molar-refractivity contribution in [3.05, 3.63) is 98.7 Å². The number of carbonyl (C=O) groups excluding carboxylic acids is 2. The number of hydrazine groups is 1. The molecule has 2 heterocycles. The molecule has 0 aliphatic rings. The third kappa shape index (κ3) is 5.24. The number of nitrogens with one attached hydrogen (secondary N) is 2. The fourth-order valence-electron chi connectivity index (χ4n) is 3.83. The molecule has 36 heavy (non-hydrogen) atoms. The molecule has 0 saturated carbocycles. The van der Waals surface area contributed by atoms with Gasteiger partial charge in [0.1, 0.15) is 12.4 Å².